The maximum atomic E-state index is 12.3. The molecule has 4 atom stereocenters. The highest BCUT2D eigenvalue weighted by Gasteiger charge is 2.63. The molecule has 2 bridgehead atoms. The summed E-state index contributed by atoms with van der Waals surface area (Å²) < 4.78 is 6.47. The van der Waals surface area contributed by atoms with E-state index in [0.717, 1.165) is 31.7 Å². The molecular formula is C19H22N4O2S. The van der Waals surface area contributed by atoms with Crippen LogP contribution in [0.25, 0.3) is 0 Å². The number of anilines is 1. The third-order valence-corrected chi connectivity index (χ3v) is 6.76. The van der Waals surface area contributed by atoms with Crippen molar-refractivity contribution >= 4 is 23.1 Å². The summed E-state index contributed by atoms with van der Waals surface area (Å²) in [6, 6.07) is 4.17. The van der Waals surface area contributed by atoms with Gasteiger partial charge in [-0.15, -0.1) is 11.3 Å². The Morgan fingerprint density at radius 1 is 1.50 bits per heavy atom. The summed E-state index contributed by atoms with van der Waals surface area (Å²) in [6.45, 7) is 4.60. The van der Waals surface area contributed by atoms with Crippen molar-refractivity contribution in [3.8, 4) is 0 Å². The average molecular weight is 370 g/mol. The van der Waals surface area contributed by atoms with E-state index < -0.39 is 0 Å². The number of nitrogens with zero attached hydrogens (tertiary/aromatic N) is 3. The predicted molar refractivity (Wildman–Crippen MR) is 99.5 cm³/mol. The van der Waals surface area contributed by atoms with Crippen molar-refractivity contribution < 1.29 is 9.53 Å². The predicted octanol–water partition coefficient (Wildman–Crippen LogP) is 2.26. The molecule has 1 amide bonds. The number of ether oxygens (including phenoxy) is 1. The first-order valence-corrected chi connectivity index (χ1v) is 10.1. The van der Waals surface area contributed by atoms with Gasteiger partial charge in [0.15, 0.2) is 0 Å². The lowest BCUT2D eigenvalue weighted by Gasteiger charge is -2.29. The highest BCUT2D eigenvalue weighted by atomic mass is 32.1. The SMILES string of the molecule is Cc1ccnc(N2C[C@@H]3[C@H](CNC(=O)c4cscn4)[C@H]4CC[C@]3(C2)O4)c1. The Kier molecular flexibility index (Phi) is 3.76. The minimum Gasteiger partial charge on any atom is -0.369 e. The molecule has 2 aromatic rings. The second-order valence-corrected chi connectivity index (χ2v) is 8.40. The maximum Gasteiger partial charge on any atom is 0.270 e. The number of carbonyl (C=O) groups is 1. The molecule has 1 spiro atoms. The highest BCUT2D eigenvalue weighted by Crippen LogP contribution is 2.55. The van der Waals surface area contributed by atoms with Gasteiger partial charge >= 0.3 is 0 Å². The first-order chi connectivity index (χ1) is 12.6. The lowest BCUT2D eigenvalue weighted by Crippen LogP contribution is -2.42. The molecule has 0 radical (unpaired) electrons. The molecule has 7 heteroatoms. The number of thiazole rings is 1. The van der Waals surface area contributed by atoms with Crippen LogP contribution in [0.2, 0.25) is 0 Å². The van der Waals surface area contributed by atoms with Crippen LogP contribution in [0.3, 0.4) is 0 Å². The Hall–Kier alpha value is -1.99. The Balaban J connectivity index is 1.31. The van der Waals surface area contributed by atoms with Gasteiger partial charge in [0, 0.05) is 43.0 Å². The van der Waals surface area contributed by atoms with Crippen molar-refractivity contribution in [2.24, 2.45) is 11.8 Å². The van der Waals surface area contributed by atoms with Crippen LogP contribution < -0.4 is 10.2 Å². The molecule has 2 aromatic heterocycles. The number of rotatable bonds is 4. The molecule has 1 N–H and O–H groups in total. The van der Waals surface area contributed by atoms with E-state index in [4.69, 9.17) is 4.74 Å². The fraction of sp³-hybridized carbons (Fsp3) is 0.526. The molecule has 0 aromatic carbocycles. The van der Waals surface area contributed by atoms with Crippen molar-refractivity contribution in [3.05, 3.63) is 40.5 Å². The van der Waals surface area contributed by atoms with Crippen LogP contribution in [0.4, 0.5) is 5.82 Å². The maximum absolute atomic E-state index is 12.3. The molecule has 3 saturated heterocycles. The van der Waals surface area contributed by atoms with Crippen LogP contribution in [0.5, 0.6) is 0 Å². The van der Waals surface area contributed by atoms with E-state index in [-0.39, 0.29) is 17.6 Å². The quantitative estimate of drug-likeness (QED) is 0.894. The minimum absolute atomic E-state index is 0.0634. The van der Waals surface area contributed by atoms with E-state index in [2.05, 4.69) is 33.2 Å². The van der Waals surface area contributed by atoms with E-state index in [1.807, 2.05) is 12.3 Å². The van der Waals surface area contributed by atoms with E-state index >= 15 is 0 Å². The molecule has 136 valence electrons. The first kappa shape index (κ1) is 16.2. The monoisotopic (exact) mass is 370 g/mol. The van der Waals surface area contributed by atoms with Crippen molar-refractivity contribution in [2.45, 2.75) is 31.5 Å². The molecule has 0 unspecified atom stereocenters. The lowest BCUT2D eigenvalue weighted by atomic mass is 9.73. The first-order valence-electron chi connectivity index (χ1n) is 9.16. The highest BCUT2D eigenvalue weighted by molar-refractivity contribution is 7.07. The van der Waals surface area contributed by atoms with Crippen LogP contribution >= 0.6 is 11.3 Å². The second-order valence-electron chi connectivity index (χ2n) is 7.69. The van der Waals surface area contributed by atoms with Gasteiger partial charge in [-0.1, -0.05) is 0 Å². The summed E-state index contributed by atoms with van der Waals surface area (Å²) in [6.07, 6.45) is 4.34. The Morgan fingerprint density at radius 3 is 3.23 bits per heavy atom. The number of nitrogens with one attached hydrogen (secondary N) is 1. The van der Waals surface area contributed by atoms with Crippen molar-refractivity contribution in [1.29, 1.82) is 0 Å². The standard InChI is InChI=1S/C19H22N4O2S/c1-12-3-5-20-17(6-12)23-8-14-13(16-2-4-19(14,10-23)25-16)7-21-18(24)15-9-26-11-22-15/h3,5-6,9,11,13-14,16H,2,4,7-8,10H2,1H3,(H,21,24)/t13-,14+,16+,19+/m0/s1. The Labute approximate surface area is 156 Å². The second kappa shape index (κ2) is 6.03. The van der Waals surface area contributed by atoms with Crippen LogP contribution in [-0.2, 0) is 4.74 Å². The van der Waals surface area contributed by atoms with Gasteiger partial charge in [-0.2, -0.15) is 0 Å². The molecule has 6 nitrogen and oxygen atoms in total. The topological polar surface area (TPSA) is 67.4 Å². The van der Waals surface area contributed by atoms with Crippen LogP contribution in [-0.4, -0.2) is 47.2 Å². The Bertz CT molecular complexity index is 827. The number of amides is 1. The van der Waals surface area contributed by atoms with E-state index in [9.17, 15) is 4.79 Å². The van der Waals surface area contributed by atoms with Gasteiger partial charge < -0.3 is 15.0 Å². The van der Waals surface area contributed by atoms with Gasteiger partial charge in [-0.05, 0) is 37.5 Å². The zero-order chi connectivity index (χ0) is 17.7. The molecular weight excluding hydrogens is 348 g/mol. The zero-order valence-electron chi connectivity index (χ0n) is 14.7. The van der Waals surface area contributed by atoms with Crippen LogP contribution in [0.15, 0.2) is 29.2 Å². The van der Waals surface area contributed by atoms with Gasteiger partial charge in [0.25, 0.3) is 5.91 Å². The number of hydrogen-bond donors (Lipinski definition) is 1. The molecule has 0 aliphatic carbocycles. The summed E-state index contributed by atoms with van der Waals surface area (Å²) in [5, 5.41) is 4.86. The van der Waals surface area contributed by atoms with E-state index in [1.54, 1.807) is 10.9 Å². The number of pyridine rings is 1. The molecule has 3 fully saturated rings. The van der Waals surface area contributed by atoms with Crippen molar-refractivity contribution in [1.82, 2.24) is 15.3 Å². The number of fused-ring (bicyclic) bond motifs is 1. The molecule has 3 aliphatic heterocycles. The average Bonchev–Trinajstić information content (AvgIpc) is 3.39. The van der Waals surface area contributed by atoms with Gasteiger partial charge in [0.2, 0.25) is 0 Å². The molecule has 5 heterocycles. The summed E-state index contributed by atoms with van der Waals surface area (Å²) in [5.74, 6) is 1.75. The van der Waals surface area contributed by atoms with Crippen LogP contribution in [0.1, 0.15) is 28.9 Å². The fourth-order valence-electron chi connectivity index (χ4n) is 4.96. The normalized spacial score (nSPS) is 32.0. The smallest absolute Gasteiger partial charge is 0.270 e. The largest absolute Gasteiger partial charge is 0.369 e. The molecule has 3 aliphatic rings. The van der Waals surface area contributed by atoms with Gasteiger partial charge in [-0.25, -0.2) is 9.97 Å². The third kappa shape index (κ3) is 2.53. The summed E-state index contributed by atoms with van der Waals surface area (Å²) in [5.41, 5.74) is 3.35. The number of hydrogen-bond acceptors (Lipinski definition) is 6. The fourth-order valence-corrected chi connectivity index (χ4v) is 5.49. The summed E-state index contributed by atoms with van der Waals surface area (Å²) in [4.78, 5) is 23.3. The minimum atomic E-state index is -0.0849. The third-order valence-electron chi connectivity index (χ3n) is 6.17. The number of aromatic nitrogens is 2. The molecule has 5 rings (SSSR count). The zero-order valence-corrected chi connectivity index (χ0v) is 15.5. The van der Waals surface area contributed by atoms with Gasteiger partial charge in [0.05, 0.1) is 17.2 Å². The van der Waals surface area contributed by atoms with Gasteiger partial charge in [-0.3, -0.25) is 4.79 Å². The van der Waals surface area contributed by atoms with Crippen LogP contribution in [0, 0.1) is 18.8 Å². The summed E-state index contributed by atoms with van der Waals surface area (Å²) >= 11 is 1.44. The Morgan fingerprint density at radius 2 is 2.42 bits per heavy atom. The van der Waals surface area contributed by atoms with Gasteiger partial charge in [0.1, 0.15) is 11.5 Å². The van der Waals surface area contributed by atoms with Crippen molar-refractivity contribution in [3.63, 3.8) is 0 Å². The van der Waals surface area contributed by atoms with E-state index in [1.165, 1.54) is 16.9 Å². The number of aryl methyl sites for hydroxylation is 1. The van der Waals surface area contributed by atoms with E-state index in [0.29, 0.717) is 24.1 Å². The molecule has 26 heavy (non-hydrogen) atoms. The summed E-state index contributed by atoms with van der Waals surface area (Å²) in [7, 11) is 0. The number of carbonyl (C=O) groups excluding carboxylic acids is 1. The molecule has 0 saturated carbocycles. The lowest BCUT2D eigenvalue weighted by molar-refractivity contribution is 0.0141. The van der Waals surface area contributed by atoms with Crippen molar-refractivity contribution in [2.75, 3.05) is 24.5 Å².